The molecular formula is C67H78F6N10O8. The largest absolute Gasteiger partial charge is 0.490 e. The Kier molecular flexibility index (Phi) is 23.8. The molecule has 0 unspecified atom stereocenters. The number of carboxylic acids is 2. The van der Waals surface area contributed by atoms with Gasteiger partial charge in [-0.3, -0.25) is 9.59 Å². The number of nitrogens with one attached hydrogen (secondary N) is 3. The number of hydrogen-bond donors (Lipinski definition) is 5. The Labute approximate surface area is 527 Å². The maximum Gasteiger partial charge on any atom is 0.490 e. The lowest BCUT2D eigenvalue weighted by molar-refractivity contribution is -0.193. The van der Waals surface area contributed by atoms with Crippen LogP contribution in [0.1, 0.15) is 161 Å². The first-order valence-corrected chi connectivity index (χ1v) is 29.9. The topological polar surface area (TPSA) is 262 Å². The molecule has 4 aliphatic rings. The van der Waals surface area contributed by atoms with Gasteiger partial charge in [-0.25, -0.2) is 24.4 Å². The lowest BCUT2D eigenvalue weighted by atomic mass is 9.88. The van der Waals surface area contributed by atoms with Gasteiger partial charge in [0.05, 0.1) is 34.7 Å². The van der Waals surface area contributed by atoms with Crippen molar-refractivity contribution in [1.82, 2.24) is 40.0 Å². The van der Waals surface area contributed by atoms with E-state index in [1.165, 1.54) is 16.8 Å². The molecule has 0 aliphatic carbocycles. The van der Waals surface area contributed by atoms with Crippen LogP contribution in [-0.2, 0) is 40.0 Å². The highest BCUT2D eigenvalue weighted by atomic mass is 19.4. The van der Waals surface area contributed by atoms with Gasteiger partial charge in [0, 0.05) is 113 Å². The van der Waals surface area contributed by atoms with Crippen LogP contribution in [0.3, 0.4) is 0 Å². The van der Waals surface area contributed by atoms with Gasteiger partial charge in [0.15, 0.2) is 0 Å². The molecule has 4 aliphatic heterocycles. The second-order valence-corrected chi connectivity index (χ2v) is 23.4. The van der Waals surface area contributed by atoms with Gasteiger partial charge >= 0.3 is 30.4 Å². The minimum absolute atomic E-state index is 0.0585. The van der Waals surface area contributed by atoms with Gasteiger partial charge < -0.3 is 44.9 Å². The van der Waals surface area contributed by atoms with Crippen molar-refractivity contribution in [3.8, 4) is 34.9 Å². The number of piperidine rings is 2. The lowest BCUT2D eigenvalue weighted by Crippen LogP contribution is -2.38. The number of alkyl halides is 6. The second-order valence-electron chi connectivity index (χ2n) is 23.4. The molecule has 10 rings (SSSR count). The van der Waals surface area contributed by atoms with Gasteiger partial charge in [-0.1, -0.05) is 50.2 Å². The number of fused-ring (bicyclic) bond motifs is 2. The second kappa shape index (κ2) is 31.1. The normalized spacial score (nSPS) is 15.4. The molecule has 0 atom stereocenters. The zero-order valence-corrected chi connectivity index (χ0v) is 52.3. The van der Waals surface area contributed by atoms with E-state index in [1.54, 1.807) is 11.8 Å². The van der Waals surface area contributed by atoms with Gasteiger partial charge in [-0.05, 0) is 156 Å². The van der Waals surface area contributed by atoms with E-state index in [-0.39, 0.29) is 17.9 Å². The summed E-state index contributed by atoms with van der Waals surface area (Å²) in [6, 6.07) is 28.3. The van der Waals surface area contributed by atoms with Crippen molar-refractivity contribution in [3.05, 3.63) is 151 Å². The number of carbonyl (C=O) groups is 5. The number of carbonyl (C=O) groups excluding carboxylic acids is 3. The van der Waals surface area contributed by atoms with Crippen molar-refractivity contribution < 1.29 is 66.6 Å². The summed E-state index contributed by atoms with van der Waals surface area (Å²) >= 11 is 0. The maximum atomic E-state index is 13.7. The molecule has 0 radical (unpaired) electrons. The lowest BCUT2D eigenvalue weighted by Gasteiger charge is -2.32. The number of likely N-dealkylation sites (tertiary alicyclic amines) is 2. The molecule has 6 heterocycles. The highest BCUT2D eigenvalue weighted by Gasteiger charge is 2.39. The number of rotatable bonds is 6. The van der Waals surface area contributed by atoms with E-state index in [2.05, 4.69) is 65.5 Å². The molecule has 91 heavy (non-hydrogen) atoms. The fourth-order valence-corrected chi connectivity index (χ4v) is 11.1. The number of aryl methyl sites for hydroxylation is 4. The number of amides is 3. The van der Waals surface area contributed by atoms with Crippen LogP contribution in [0.4, 0.5) is 31.1 Å². The molecule has 2 fully saturated rings. The number of aromatic amines is 2. The number of ether oxygens (including phenoxy) is 1. The average molecular weight is 1270 g/mol. The monoisotopic (exact) mass is 1270 g/mol. The van der Waals surface area contributed by atoms with Crippen LogP contribution in [0.5, 0.6) is 0 Å². The number of imidazole rings is 2. The summed E-state index contributed by atoms with van der Waals surface area (Å²) in [5.41, 5.74) is 15.3. The molecule has 2 saturated heterocycles. The Morgan fingerprint density at radius 1 is 0.571 bits per heavy atom. The zero-order valence-electron chi connectivity index (χ0n) is 53.3. The van der Waals surface area contributed by atoms with Crippen LogP contribution in [-0.4, -0.2) is 145 Å². The summed E-state index contributed by atoms with van der Waals surface area (Å²) < 4.78 is 75.2. The molecule has 18 nitrogen and oxygen atoms in total. The summed E-state index contributed by atoms with van der Waals surface area (Å²) in [6.45, 7) is 22.0. The third-order valence-corrected chi connectivity index (χ3v) is 15.9. The third-order valence-electron chi connectivity index (χ3n) is 15.9. The molecular weight excluding hydrogens is 1190 g/mol. The molecule has 486 valence electrons. The first-order chi connectivity index (χ1) is 43.3. The van der Waals surface area contributed by atoms with Crippen molar-refractivity contribution in [3.63, 3.8) is 0 Å². The number of nitrogens with zero attached hydrogens (tertiary/aromatic N) is 7. The average Bonchev–Trinajstić information content (AvgIpc) is 1.50. The number of aromatic nitrogens is 4. The van der Waals surface area contributed by atoms with E-state index >= 15 is 0 Å². The minimum atomic E-state index is -5.08. The van der Waals surface area contributed by atoms with Crippen molar-refractivity contribution >= 4 is 29.8 Å². The Morgan fingerprint density at radius 3 is 1.31 bits per heavy atom. The van der Waals surface area contributed by atoms with Crippen LogP contribution in [0.25, 0.3) is 22.8 Å². The number of H-pyrrole nitrogens is 2. The SMILES string of the molecule is Cc1cc(C)c(-c2nc3c([nH]2)CCN(C(=O)OC(C)(C)C)CC3)cc1C(=O)N1CCC(c2ccc(C#N)cc2)CC1.Cc1cc(C)c(-c2nc3c([nH]2)CCNCC3)cc1C(=O)N1CCC(c2ccc(C#N)cc2)CC1.O=C(O)C(F)(F)F.O=C(O)C(F)(F)F.[2H]CC. The quantitative estimate of drug-likeness (QED) is 0.0973. The fraction of sp³-hybridized carbons (Fsp3) is 0.448. The van der Waals surface area contributed by atoms with E-state index in [0.717, 1.165) is 132 Å². The number of carboxylic acid groups (broad SMARTS) is 2. The highest BCUT2D eigenvalue weighted by molar-refractivity contribution is 5.98. The highest BCUT2D eigenvalue weighted by Crippen LogP contribution is 2.34. The first-order valence-electron chi connectivity index (χ1n) is 30.6. The Hall–Kier alpha value is -9.03. The van der Waals surface area contributed by atoms with Crippen molar-refractivity contribution in [2.45, 2.75) is 143 Å². The summed E-state index contributed by atoms with van der Waals surface area (Å²) in [4.78, 5) is 80.2. The van der Waals surface area contributed by atoms with E-state index in [1.807, 2.05) is 92.9 Å². The van der Waals surface area contributed by atoms with Crippen molar-refractivity contribution in [2.24, 2.45) is 0 Å². The number of hydrogen-bond acceptors (Lipinski definition) is 11. The van der Waals surface area contributed by atoms with Crippen LogP contribution in [0.15, 0.2) is 72.8 Å². The summed E-state index contributed by atoms with van der Waals surface area (Å²) in [5.74, 6) is -2.88. The molecule has 0 spiro atoms. The Morgan fingerprint density at radius 2 is 0.934 bits per heavy atom. The summed E-state index contributed by atoms with van der Waals surface area (Å²) in [6.07, 6.45) is -3.57. The smallest absolute Gasteiger partial charge is 0.475 e. The molecule has 5 N–H and O–H groups in total. The molecule has 0 bridgehead atoms. The molecule has 3 amide bonds. The predicted molar refractivity (Wildman–Crippen MR) is 329 cm³/mol. The molecule has 24 heteroatoms. The third kappa shape index (κ3) is 19.2. The Bertz CT molecular complexity index is 3570. The molecule has 2 aromatic heterocycles. The first kappa shape index (κ1) is 69.4. The van der Waals surface area contributed by atoms with Crippen LogP contribution < -0.4 is 5.32 Å². The molecule has 0 saturated carbocycles. The van der Waals surface area contributed by atoms with Crippen molar-refractivity contribution in [1.29, 1.82) is 10.5 Å². The number of halogens is 6. The van der Waals surface area contributed by atoms with E-state index < -0.39 is 29.9 Å². The number of nitriles is 2. The minimum Gasteiger partial charge on any atom is -0.475 e. The van der Waals surface area contributed by atoms with Crippen LogP contribution in [0, 0.1) is 50.4 Å². The van der Waals surface area contributed by atoms with Crippen LogP contribution in [0.2, 0.25) is 0 Å². The molecule has 6 aromatic rings. The van der Waals surface area contributed by atoms with Gasteiger partial charge in [0.2, 0.25) is 0 Å². The fourth-order valence-electron chi connectivity index (χ4n) is 11.1. The number of aliphatic carboxylic acids is 2. The van der Waals surface area contributed by atoms with Gasteiger partial charge in [-0.15, -0.1) is 0 Å². The standard InChI is InChI=1S/C33H39N5O3.C28H31N5O.2C2HF3O2.C2H6/c1-21-18-22(2)27(31(39)37-14-10-25(11-15-37)24-8-6-23(20-34)7-9-24)19-26(21)30-35-28-12-16-38(17-13-29(28)36-30)32(40)41-33(3,4)5;1-18-15-19(2)24(16-23(18)27-31-25-7-11-30-12-8-26(25)32-27)28(34)33-13-9-22(10-14-33)21-5-3-20(17-29)4-6-21;2*3-2(4,5)1(6)7;1-2/h6-9,18-19,25H,10-17H2,1-5H3,(H,35,36);3-6,15-16,22,30H,7-14H2,1-2H3,(H,31,32);2*(H,6,7);1-2H3/i;;;;1D. The van der Waals surface area contributed by atoms with Crippen molar-refractivity contribution in [2.75, 3.05) is 52.4 Å². The van der Waals surface area contributed by atoms with E-state index in [0.29, 0.717) is 74.4 Å². The van der Waals surface area contributed by atoms with Gasteiger partial charge in [-0.2, -0.15) is 36.9 Å². The maximum absolute atomic E-state index is 13.7. The number of benzene rings is 4. The van der Waals surface area contributed by atoms with E-state index in [9.17, 15) is 40.7 Å². The molecule has 4 aromatic carbocycles. The zero-order chi connectivity index (χ0) is 67.8. The van der Waals surface area contributed by atoms with E-state index in [4.69, 9.17) is 46.4 Å². The predicted octanol–water partition coefficient (Wildman–Crippen LogP) is 12.5. The van der Waals surface area contributed by atoms with Gasteiger partial charge in [0.25, 0.3) is 11.8 Å². The summed E-state index contributed by atoms with van der Waals surface area (Å²) in [7, 11) is 0. The Balaban J connectivity index is 0.000000236. The van der Waals surface area contributed by atoms with Gasteiger partial charge in [0.1, 0.15) is 17.2 Å². The van der Waals surface area contributed by atoms with Crippen LogP contribution >= 0.6 is 0 Å². The summed E-state index contributed by atoms with van der Waals surface area (Å²) in [5, 5.41) is 35.8.